The van der Waals surface area contributed by atoms with Gasteiger partial charge in [0.25, 0.3) is 0 Å². The molecular weight excluding hydrogens is 264 g/mol. The molecule has 4 heteroatoms. The number of hydrogen-bond acceptors (Lipinski definition) is 4. The summed E-state index contributed by atoms with van der Waals surface area (Å²) in [7, 11) is 1.67. The van der Waals surface area contributed by atoms with Gasteiger partial charge in [0.05, 0.1) is 7.11 Å². The Kier molecular flexibility index (Phi) is 4.99. The Bertz CT molecular complexity index is 431. The summed E-state index contributed by atoms with van der Waals surface area (Å²) in [6.07, 6.45) is 4.20. The van der Waals surface area contributed by atoms with E-state index in [2.05, 4.69) is 10.2 Å². The Morgan fingerprint density at radius 1 is 1.14 bits per heavy atom. The van der Waals surface area contributed by atoms with Crippen LogP contribution in [0.15, 0.2) is 24.3 Å². The smallest absolute Gasteiger partial charge is 0.119 e. The number of ether oxygens (including phenoxy) is 2. The van der Waals surface area contributed by atoms with E-state index >= 15 is 0 Å². The molecule has 2 fully saturated rings. The number of nitrogens with one attached hydrogen (secondary N) is 1. The molecule has 0 spiro atoms. The third kappa shape index (κ3) is 4.35. The molecule has 1 N–H and O–H groups in total. The number of hydrogen-bond donors (Lipinski definition) is 1. The molecule has 1 heterocycles. The van der Waals surface area contributed by atoms with Crippen molar-refractivity contribution < 1.29 is 9.47 Å². The maximum atomic E-state index is 5.71. The van der Waals surface area contributed by atoms with Gasteiger partial charge < -0.3 is 19.7 Å². The SMILES string of the molecule is COc1ccc(OCCNCC2CCN(C3CC3)C2)cc1. The fourth-order valence-corrected chi connectivity index (χ4v) is 3.02. The molecule has 0 radical (unpaired) electrons. The minimum atomic E-state index is 0.714. The maximum Gasteiger partial charge on any atom is 0.119 e. The fourth-order valence-electron chi connectivity index (χ4n) is 3.02. The first-order valence-electron chi connectivity index (χ1n) is 8.07. The molecule has 116 valence electrons. The van der Waals surface area contributed by atoms with Crippen LogP contribution in [-0.4, -0.2) is 50.8 Å². The van der Waals surface area contributed by atoms with Gasteiger partial charge in [-0.25, -0.2) is 0 Å². The summed E-state index contributed by atoms with van der Waals surface area (Å²) in [5.74, 6) is 2.59. The average molecular weight is 290 g/mol. The standard InChI is InChI=1S/C17H26N2O2/c1-20-16-4-6-17(7-5-16)21-11-9-18-12-14-8-10-19(13-14)15-2-3-15/h4-7,14-15,18H,2-3,8-13H2,1H3. The first-order chi connectivity index (χ1) is 10.3. The van der Waals surface area contributed by atoms with Crippen LogP contribution in [0.1, 0.15) is 19.3 Å². The molecule has 0 aromatic heterocycles. The van der Waals surface area contributed by atoms with Crippen LogP contribution in [0.3, 0.4) is 0 Å². The largest absolute Gasteiger partial charge is 0.497 e. The van der Waals surface area contributed by atoms with Gasteiger partial charge in [-0.05, 0) is 62.5 Å². The van der Waals surface area contributed by atoms with Crippen LogP contribution in [0.2, 0.25) is 0 Å². The van der Waals surface area contributed by atoms with Crippen LogP contribution >= 0.6 is 0 Å². The number of rotatable bonds is 8. The lowest BCUT2D eigenvalue weighted by Crippen LogP contribution is -2.29. The van der Waals surface area contributed by atoms with Crippen LogP contribution in [0.25, 0.3) is 0 Å². The van der Waals surface area contributed by atoms with Crippen molar-refractivity contribution in [2.75, 3.05) is 39.9 Å². The first kappa shape index (κ1) is 14.7. The number of benzene rings is 1. The van der Waals surface area contributed by atoms with Crippen LogP contribution in [-0.2, 0) is 0 Å². The normalized spacial score (nSPS) is 22.4. The van der Waals surface area contributed by atoms with Gasteiger partial charge in [-0.15, -0.1) is 0 Å². The summed E-state index contributed by atoms with van der Waals surface area (Å²) in [5, 5.41) is 3.52. The molecule has 1 aliphatic heterocycles. The number of methoxy groups -OCH3 is 1. The molecule has 1 aromatic rings. The van der Waals surface area contributed by atoms with Gasteiger partial charge >= 0.3 is 0 Å². The Labute approximate surface area is 127 Å². The minimum Gasteiger partial charge on any atom is -0.497 e. The van der Waals surface area contributed by atoms with Gasteiger partial charge in [-0.3, -0.25) is 0 Å². The average Bonchev–Trinajstić information content (AvgIpc) is 3.27. The summed E-state index contributed by atoms with van der Waals surface area (Å²) in [4.78, 5) is 2.67. The Balaban J connectivity index is 1.26. The van der Waals surface area contributed by atoms with E-state index in [1.54, 1.807) is 7.11 Å². The monoisotopic (exact) mass is 290 g/mol. The minimum absolute atomic E-state index is 0.714. The van der Waals surface area contributed by atoms with Crippen molar-refractivity contribution in [3.63, 3.8) is 0 Å². The number of nitrogens with zero attached hydrogens (tertiary/aromatic N) is 1. The second-order valence-electron chi connectivity index (χ2n) is 6.11. The summed E-state index contributed by atoms with van der Waals surface area (Å²) in [6.45, 7) is 5.34. The summed E-state index contributed by atoms with van der Waals surface area (Å²) >= 11 is 0. The maximum absolute atomic E-state index is 5.71. The van der Waals surface area contributed by atoms with Gasteiger partial charge in [0.2, 0.25) is 0 Å². The van der Waals surface area contributed by atoms with Gasteiger partial charge in [-0.2, -0.15) is 0 Å². The lowest BCUT2D eigenvalue weighted by atomic mass is 10.1. The van der Waals surface area contributed by atoms with E-state index in [1.165, 1.54) is 32.4 Å². The van der Waals surface area contributed by atoms with Crippen molar-refractivity contribution in [3.8, 4) is 11.5 Å². The van der Waals surface area contributed by atoms with Gasteiger partial charge in [-0.1, -0.05) is 0 Å². The van der Waals surface area contributed by atoms with Crippen LogP contribution < -0.4 is 14.8 Å². The Morgan fingerprint density at radius 2 is 1.90 bits per heavy atom. The molecule has 1 saturated carbocycles. The van der Waals surface area contributed by atoms with E-state index in [-0.39, 0.29) is 0 Å². The van der Waals surface area contributed by atoms with Crippen molar-refractivity contribution >= 4 is 0 Å². The molecule has 0 bridgehead atoms. The van der Waals surface area contributed by atoms with Crippen molar-refractivity contribution in [3.05, 3.63) is 24.3 Å². The van der Waals surface area contributed by atoms with Crippen molar-refractivity contribution in [1.29, 1.82) is 0 Å². The lowest BCUT2D eigenvalue weighted by molar-refractivity contribution is 0.297. The van der Waals surface area contributed by atoms with Crippen LogP contribution in [0.5, 0.6) is 11.5 Å². The van der Waals surface area contributed by atoms with Crippen LogP contribution in [0.4, 0.5) is 0 Å². The number of likely N-dealkylation sites (tertiary alicyclic amines) is 1. The second-order valence-corrected chi connectivity index (χ2v) is 6.11. The molecule has 3 rings (SSSR count). The molecule has 1 unspecified atom stereocenters. The highest BCUT2D eigenvalue weighted by atomic mass is 16.5. The zero-order chi connectivity index (χ0) is 14.5. The third-order valence-electron chi connectivity index (χ3n) is 4.42. The van der Waals surface area contributed by atoms with E-state index < -0.39 is 0 Å². The summed E-state index contributed by atoms with van der Waals surface area (Å²) in [6, 6.07) is 8.67. The molecule has 1 atom stereocenters. The lowest BCUT2D eigenvalue weighted by Gasteiger charge is -2.15. The predicted molar refractivity (Wildman–Crippen MR) is 84.1 cm³/mol. The highest BCUT2D eigenvalue weighted by Crippen LogP contribution is 2.31. The van der Waals surface area contributed by atoms with E-state index in [9.17, 15) is 0 Å². The molecule has 1 aromatic carbocycles. The van der Waals surface area contributed by atoms with E-state index in [1.807, 2.05) is 24.3 Å². The molecule has 1 saturated heterocycles. The molecule has 4 nitrogen and oxygen atoms in total. The zero-order valence-electron chi connectivity index (χ0n) is 12.9. The van der Waals surface area contributed by atoms with Crippen molar-refractivity contribution in [2.45, 2.75) is 25.3 Å². The summed E-state index contributed by atoms with van der Waals surface area (Å²) < 4.78 is 10.8. The van der Waals surface area contributed by atoms with E-state index in [4.69, 9.17) is 9.47 Å². The molecule has 1 aliphatic carbocycles. The van der Waals surface area contributed by atoms with Gasteiger partial charge in [0, 0.05) is 19.1 Å². The van der Waals surface area contributed by atoms with Crippen molar-refractivity contribution in [1.82, 2.24) is 10.2 Å². The Morgan fingerprint density at radius 3 is 2.62 bits per heavy atom. The van der Waals surface area contributed by atoms with Gasteiger partial charge in [0.1, 0.15) is 18.1 Å². The predicted octanol–water partition coefficient (Wildman–Crippen LogP) is 2.15. The summed E-state index contributed by atoms with van der Waals surface area (Å²) in [5.41, 5.74) is 0. The van der Waals surface area contributed by atoms with Gasteiger partial charge in [0.15, 0.2) is 0 Å². The van der Waals surface area contributed by atoms with E-state index in [0.717, 1.165) is 36.5 Å². The topological polar surface area (TPSA) is 33.7 Å². The highest BCUT2D eigenvalue weighted by molar-refractivity contribution is 5.31. The Hall–Kier alpha value is -1.26. The van der Waals surface area contributed by atoms with Crippen LogP contribution in [0, 0.1) is 5.92 Å². The van der Waals surface area contributed by atoms with E-state index in [0.29, 0.717) is 6.61 Å². The fraction of sp³-hybridized carbons (Fsp3) is 0.647. The zero-order valence-corrected chi connectivity index (χ0v) is 12.9. The third-order valence-corrected chi connectivity index (χ3v) is 4.42. The molecular formula is C17H26N2O2. The highest BCUT2D eigenvalue weighted by Gasteiger charge is 2.33. The van der Waals surface area contributed by atoms with Crippen molar-refractivity contribution in [2.24, 2.45) is 5.92 Å². The second kappa shape index (κ2) is 7.14. The first-order valence-corrected chi connectivity index (χ1v) is 8.07. The molecule has 0 amide bonds. The molecule has 21 heavy (non-hydrogen) atoms. The quantitative estimate of drug-likeness (QED) is 0.744. The molecule has 2 aliphatic rings.